The second-order valence-corrected chi connectivity index (χ2v) is 4.48. The van der Waals surface area contributed by atoms with Crippen molar-refractivity contribution >= 4 is 11.3 Å². The number of aromatic nitrogens is 1. The van der Waals surface area contributed by atoms with Gasteiger partial charge < -0.3 is 0 Å². The summed E-state index contributed by atoms with van der Waals surface area (Å²) in [5.74, 6) is -1.08. The number of halogens is 2. The summed E-state index contributed by atoms with van der Waals surface area (Å²) in [7, 11) is 0. The molecule has 0 amide bonds. The van der Waals surface area contributed by atoms with Crippen LogP contribution in [-0.2, 0) is 12.8 Å². The number of aryl methyl sites for hydroxylation is 1. The van der Waals surface area contributed by atoms with Gasteiger partial charge in [0.15, 0.2) is 0 Å². The normalized spacial score (nSPS) is 10.7. The van der Waals surface area contributed by atoms with Gasteiger partial charge in [0.1, 0.15) is 11.6 Å². The van der Waals surface area contributed by atoms with Crippen molar-refractivity contribution in [2.24, 2.45) is 0 Å². The standard InChI is InChI=1S/C12H11F2NS/c1-2-11-7-16-12(15-11)5-8-3-9(13)6-10(14)4-8/h3-4,6-7H,2,5H2,1H3. The topological polar surface area (TPSA) is 12.9 Å². The van der Waals surface area contributed by atoms with Crippen LogP contribution in [0, 0.1) is 11.6 Å². The van der Waals surface area contributed by atoms with Gasteiger partial charge in [-0.3, -0.25) is 0 Å². The number of hydrogen-bond donors (Lipinski definition) is 0. The van der Waals surface area contributed by atoms with E-state index in [4.69, 9.17) is 0 Å². The third-order valence-electron chi connectivity index (χ3n) is 2.24. The molecule has 0 saturated carbocycles. The molecule has 0 aliphatic carbocycles. The van der Waals surface area contributed by atoms with Crippen LogP contribution in [0.4, 0.5) is 8.78 Å². The smallest absolute Gasteiger partial charge is 0.126 e. The molecule has 2 rings (SSSR count). The van der Waals surface area contributed by atoms with Crippen LogP contribution in [0.3, 0.4) is 0 Å². The Bertz CT molecular complexity index is 473. The predicted octanol–water partition coefficient (Wildman–Crippen LogP) is 3.57. The molecule has 0 saturated heterocycles. The van der Waals surface area contributed by atoms with Gasteiger partial charge in [0.25, 0.3) is 0 Å². The van der Waals surface area contributed by atoms with Gasteiger partial charge >= 0.3 is 0 Å². The fourth-order valence-electron chi connectivity index (χ4n) is 1.48. The summed E-state index contributed by atoms with van der Waals surface area (Å²) < 4.78 is 25.9. The fourth-order valence-corrected chi connectivity index (χ4v) is 2.39. The summed E-state index contributed by atoms with van der Waals surface area (Å²) in [5.41, 5.74) is 1.64. The van der Waals surface area contributed by atoms with Gasteiger partial charge in [0.05, 0.1) is 10.7 Å². The Morgan fingerprint density at radius 1 is 1.19 bits per heavy atom. The van der Waals surface area contributed by atoms with Crippen molar-refractivity contribution < 1.29 is 8.78 Å². The van der Waals surface area contributed by atoms with Crippen molar-refractivity contribution in [2.45, 2.75) is 19.8 Å². The first-order valence-electron chi connectivity index (χ1n) is 5.05. The van der Waals surface area contributed by atoms with E-state index < -0.39 is 11.6 Å². The summed E-state index contributed by atoms with van der Waals surface area (Å²) >= 11 is 1.52. The average molecular weight is 239 g/mol. The van der Waals surface area contributed by atoms with E-state index in [0.717, 1.165) is 23.2 Å². The van der Waals surface area contributed by atoms with Gasteiger partial charge in [0.2, 0.25) is 0 Å². The van der Waals surface area contributed by atoms with Gasteiger partial charge in [0, 0.05) is 17.9 Å². The van der Waals surface area contributed by atoms with Crippen molar-refractivity contribution in [3.8, 4) is 0 Å². The minimum absolute atomic E-state index is 0.485. The number of benzene rings is 1. The molecule has 84 valence electrons. The molecule has 1 heterocycles. The van der Waals surface area contributed by atoms with Gasteiger partial charge in [-0.25, -0.2) is 13.8 Å². The molecular formula is C12H11F2NS. The minimum Gasteiger partial charge on any atom is -0.246 e. The van der Waals surface area contributed by atoms with E-state index >= 15 is 0 Å². The second kappa shape index (κ2) is 4.70. The van der Waals surface area contributed by atoms with Crippen LogP contribution in [0.2, 0.25) is 0 Å². The zero-order valence-corrected chi connectivity index (χ0v) is 9.65. The number of hydrogen-bond acceptors (Lipinski definition) is 2. The van der Waals surface area contributed by atoms with E-state index in [1.807, 2.05) is 12.3 Å². The van der Waals surface area contributed by atoms with E-state index in [0.29, 0.717) is 12.0 Å². The SMILES string of the molecule is CCc1csc(Cc2cc(F)cc(F)c2)n1. The summed E-state index contributed by atoms with van der Waals surface area (Å²) in [6.07, 6.45) is 1.37. The highest BCUT2D eigenvalue weighted by Crippen LogP contribution is 2.16. The average Bonchev–Trinajstić information content (AvgIpc) is 2.64. The van der Waals surface area contributed by atoms with Crippen LogP contribution >= 0.6 is 11.3 Å². The molecule has 0 aliphatic heterocycles. The van der Waals surface area contributed by atoms with Gasteiger partial charge in [-0.1, -0.05) is 6.92 Å². The third kappa shape index (κ3) is 2.64. The summed E-state index contributed by atoms with van der Waals surface area (Å²) in [6, 6.07) is 3.56. The van der Waals surface area contributed by atoms with Crippen LogP contribution in [0.5, 0.6) is 0 Å². The Morgan fingerprint density at radius 2 is 1.88 bits per heavy atom. The maximum Gasteiger partial charge on any atom is 0.126 e. The molecule has 0 bridgehead atoms. The van der Waals surface area contributed by atoms with E-state index in [-0.39, 0.29) is 0 Å². The van der Waals surface area contributed by atoms with Gasteiger partial charge in [-0.2, -0.15) is 0 Å². The maximum absolute atomic E-state index is 12.9. The molecular weight excluding hydrogens is 228 g/mol. The first kappa shape index (κ1) is 11.2. The lowest BCUT2D eigenvalue weighted by atomic mass is 10.1. The van der Waals surface area contributed by atoms with Crippen LogP contribution < -0.4 is 0 Å². The predicted molar refractivity (Wildman–Crippen MR) is 60.7 cm³/mol. The molecule has 16 heavy (non-hydrogen) atoms. The van der Waals surface area contributed by atoms with E-state index in [9.17, 15) is 8.78 Å². The van der Waals surface area contributed by atoms with Crippen molar-refractivity contribution in [3.05, 3.63) is 51.5 Å². The van der Waals surface area contributed by atoms with Crippen molar-refractivity contribution in [3.63, 3.8) is 0 Å². The maximum atomic E-state index is 12.9. The molecule has 4 heteroatoms. The van der Waals surface area contributed by atoms with E-state index in [1.165, 1.54) is 23.5 Å². The number of nitrogens with zero attached hydrogens (tertiary/aromatic N) is 1. The molecule has 0 N–H and O–H groups in total. The number of thiazole rings is 1. The first-order valence-corrected chi connectivity index (χ1v) is 5.93. The zero-order chi connectivity index (χ0) is 11.5. The molecule has 0 fully saturated rings. The molecule has 2 aromatic rings. The molecule has 1 aromatic heterocycles. The molecule has 0 radical (unpaired) electrons. The van der Waals surface area contributed by atoms with Crippen molar-refractivity contribution in [1.29, 1.82) is 0 Å². The van der Waals surface area contributed by atoms with Crippen LogP contribution in [0.15, 0.2) is 23.6 Å². The largest absolute Gasteiger partial charge is 0.246 e. The Morgan fingerprint density at radius 3 is 2.44 bits per heavy atom. The fraction of sp³-hybridized carbons (Fsp3) is 0.250. The van der Waals surface area contributed by atoms with Crippen LogP contribution in [0.25, 0.3) is 0 Å². The Balaban J connectivity index is 2.19. The molecule has 1 nitrogen and oxygen atoms in total. The lowest BCUT2D eigenvalue weighted by Crippen LogP contribution is -1.91. The lowest BCUT2D eigenvalue weighted by molar-refractivity contribution is 0.580. The molecule has 0 atom stereocenters. The Labute approximate surface area is 96.8 Å². The molecule has 0 aliphatic rings. The third-order valence-corrected chi connectivity index (χ3v) is 3.14. The summed E-state index contributed by atoms with van der Waals surface area (Å²) in [5, 5.41) is 2.87. The van der Waals surface area contributed by atoms with E-state index in [1.54, 1.807) is 0 Å². The molecule has 0 unspecified atom stereocenters. The molecule has 0 spiro atoms. The Kier molecular flexibility index (Phi) is 3.29. The van der Waals surface area contributed by atoms with E-state index in [2.05, 4.69) is 4.98 Å². The first-order chi connectivity index (χ1) is 7.67. The highest BCUT2D eigenvalue weighted by Gasteiger charge is 2.05. The van der Waals surface area contributed by atoms with Crippen LogP contribution in [0.1, 0.15) is 23.2 Å². The van der Waals surface area contributed by atoms with Gasteiger partial charge in [-0.15, -0.1) is 11.3 Å². The molecule has 1 aromatic carbocycles. The highest BCUT2D eigenvalue weighted by atomic mass is 32.1. The van der Waals surface area contributed by atoms with Crippen LogP contribution in [-0.4, -0.2) is 4.98 Å². The zero-order valence-electron chi connectivity index (χ0n) is 8.84. The van der Waals surface area contributed by atoms with Crippen molar-refractivity contribution in [1.82, 2.24) is 4.98 Å². The number of rotatable bonds is 3. The Hall–Kier alpha value is -1.29. The second-order valence-electron chi connectivity index (χ2n) is 3.54. The highest BCUT2D eigenvalue weighted by molar-refractivity contribution is 7.09. The van der Waals surface area contributed by atoms with Crippen molar-refractivity contribution in [2.75, 3.05) is 0 Å². The minimum atomic E-state index is -0.540. The van der Waals surface area contributed by atoms with Gasteiger partial charge in [-0.05, 0) is 24.1 Å². The lowest BCUT2D eigenvalue weighted by Gasteiger charge is -1.99. The summed E-state index contributed by atoms with van der Waals surface area (Å²) in [6.45, 7) is 2.03. The summed E-state index contributed by atoms with van der Waals surface area (Å²) in [4.78, 5) is 4.36. The monoisotopic (exact) mass is 239 g/mol. The quantitative estimate of drug-likeness (QED) is 0.797.